The van der Waals surface area contributed by atoms with E-state index in [1.54, 1.807) is 13.8 Å². The summed E-state index contributed by atoms with van der Waals surface area (Å²) in [6.07, 6.45) is 1.33. The minimum Gasteiger partial charge on any atom is -0.480 e. The van der Waals surface area contributed by atoms with Crippen molar-refractivity contribution < 1.29 is 14.8 Å². The number of carbonyl (C=O) groups is 1. The van der Waals surface area contributed by atoms with Crippen LogP contribution in [0.2, 0.25) is 0 Å². The molecule has 1 aromatic rings. The van der Waals surface area contributed by atoms with E-state index in [4.69, 9.17) is 10.8 Å². The predicted molar refractivity (Wildman–Crippen MR) is 59.7 cm³/mol. The minimum absolute atomic E-state index is 0.0255. The number of carboxylic acid groups (broad SMARTS) is 1. The van der Waals surface area contributed by atoms with Crippen molar-refractivity contribution in [3.8, 4) is 0 Å². The van der Waals surface area contributed by atoms with Crippen LogP contribution in [0.1, 0.15) is 16.8 Å². The summed E-state index contributed by atoms with van der Waals surface area (Å²) in [4.78, 5) is 25.0. The number of aromatic nitrogens is 1. The topological polar surface area (TPSA) is 119 Å². The molecule has 17 heavy (non-hydrogen) atoms. The van der Waals surface area contributed by atoms with Crippen molar-refractivity contribution in [2.45, 2.75) is 26.3 Å². The van der Waals surface area contributed by atoms with E-state index in [0.717, 1.165) is 0 Å². The van der Waals surface area contributed by atoms with Crippen molar-refractivity contribution in [3.63, 3.8) is 0 Å². The summed E-state index contributed by atoms with van der Waals surface area (Å²) in [6.45, 7) is 3.13. The maximum atomic E-state index is 10.8. The van der Waals surface area contributed by atoms with Gasteiger partial charge in [0, 0.05) is 23.7 Å². The minimum atomic E-state index is -1.16. The molecule has 0 aliphatic rings. The smallest absolute Gasteiger partial charge is 0.320 e. The molecule has 0 bridgehead atoms. The Morgan fingerprint density at radius 2 is 2.24 bits per heavy atom. The average Bonchev–Trinajstić information content (AvgIpc) is 2.21. The number of nitrogens with zero attached hydrogens (tertiary/aromatic N) is 2. The van der Waals surface area contributed by atoms with Gasteiger partial charge in [0.05, 0.1) is 10.6 Å². The Balaban J connectivity index is 3.15. The first kappa shape index (κ1) is 13.0. The fourth-order valence-corrected chi connectivity index (χ4v) is 1.55. The van der Waals surface area contributed by atoms with Crippen molar-refractivity contribution in [1.82, 2.24) is 4.98 Å². The van der Waals surface area contributed by atoms with Gasteiger partial charge in [-0.2, -0.15) is 0 Å². The maximum absolute atomic E-state index is 10.8. The lowest BCUT2D eigenvalue weighted by Gasteiger charge is -2.09. The fraction of sp³-hybridized carbons (Fsp3) is 0.400. The van der Waals surface area contributed by atoms with Crippen LogP contribution in [-0.4, -0.2) is 27.0 Å². The number of nitro groups is 1. The number of hydrogen-bond donors (Lipinski definition) is 2. The zero-order valence-corrected chi connectivity index (χ0v) is 9.51. The third-order valence-electron chi connectivity index (χ3n) is 2.49. The first-order chi connectivity index (χ1) is 7.84. The summed E-state index contributed by atoms with van der Waals surface area (Å²) in [5.74, 6) is -1.16. The molecule has 0 saturated heterocycles. The lowest BCUT2D eigenvalue weighted by Crippen LogP contribution is -2.32. The van der Waals surface area contributed by atoms with E-state index >= 15 is 0 Å². The fourth-order valence-electron chi connectivity index (χ4n) is 1.55. The second kappa shape index (κ2) is 4.88. The number of rotatable bonds is 4. The molecule has 3 N–H and O–H groups in total. The van der Waals surface area contributed by atoms with E-state index in [2.05, 4.69) is 4.98 Å². The van der Waals surface area contributed by atoms with Crippen molar-refractivity contribution in [2.75, 3.05) is 0 Å². The number of hydrogen-bond acceptors (Lipinski definition) is 5. The Hall–Kier alpha value is -2.02. The van der Waals surface area contributed by atoms with Gasteiger partial charge in [-0.15, -0.1) is 0 Å². The Morgan fingerprint density at radius 3 is 2.71 bits per heavy atom. The highest BCUT2D eigenvalue weighted by Gasteiger charge is 2.21. The Bertz CT molecular complexity index is 473. The maximum Gasteiger partial charge on any atom is 0.320 e. The Kier molecular flexibility index (Phi) is 3.74. The molecule has 92 valence electrons. The van der Waals surface area contributed by atoms with Crippen LogP contribution in [0.25, 0.3) is 0 Å². The summed E-state index contributed by atoms with van der Waals surface area (Å²) in [5, 5.41) is 19.5. The van der Waals surface area contributed by atoms with E-state index in [-0.39, 0.29) is 12.1 Å². The van der Waals surface area contributed by atoms with Crippen LogP contribution in [0.3, 0.4) is 0 Å². The molecular weight excluding hydrogens is 226 g/mol. The zero-order chi connectivity index (χ0) is 13.2. The van der Waals surface area contributed by atoms with Gasteiger partial charge in [-0.05, 0) is 13.8 Å². The summed E-state index contributed by atoms with van der Waals surface area (Å²) in [7, 11) is 0. The van der Waals surface area contributed by atoms with Crippen LogP contribution in [-0.2, 0) is 11.2 Å². The lowest BCUT2D eigenvalue weighted by molar-refractivity contribution is -0.386. The Labute approximate surface area is 97.4 Å². The molecule has 7 heteroatoms. The molecule has 0 fully saturated rings. The van der Waals surface area contributed by atoms with Crippen molar-refractivity contribution in [2.24, 2.45) is 5.73 Å². The van der Waals surface area contributed by atoms with Gasteiger partial charge in [0.25, 0.3) is 5.69 Å². The number of nitrogens with two attached hydrogens (primary N) is 1. The van der Waals surface area contributed by atoms with Gasteiger partial charge < -0.3 is 10.8 Å². The average molecular weight is 239 g/mol. The molecule has 0 aromatic carbocycles. The van der Waals surface area contributed by atoms with Crippen LogP contribution in [0.4, 0.5) is 5.69 Å². The van der Waals surface area contributed by atoms with Gasteiger partial charge in [-0.1, -0.05) is 0 Å². The van der Waals surface area contributed by atoms with E-state index < -0.39 is 16.9 Å². The molecule has 0 aliphatic heterocycles. The van der Waals surface area contributed by atoms with Gasteiger partial charge in [-0.25, -0.2) is 0 Å². The molecule has 1 unspecified atom stereocenters. The standard InChI is InChI=1S/C10H13N3O4/c1-5-4-12-8(3-7(11)10(14)15)6(2)9(5)13(16)17/h4,7H,3,11H2,1-2H3,(H,14,15). The molecule has 1 atom stereocenters. The van der Waals surface area contributed by atoms with Crippen molar-refractivity contribution in [3.05, 3.63) is 33.1 Å². The molecule has 0 aliphatic carbocycles. The van der Waals surface area contributed by atoms with E-state index in [0.29, 0.717) is 16.8 Å². The van der Waals surface area contributed by atoms with Gasteiger partial charge in [0.15, 0.2) is 0 Å². The summed E-state index contributed by atoms with van der Waals surface area (Å²) >= 11 is 0. The summed E-state index contributed by atoms with van der Waals surface area (Å²) in [6, 6.07) is -1.11. The normalized spacial score (nSPS) is 12.2. The first-order valence-electron chi connectivity index (χ1n) is 4.92. The van der Waals surface area contributed by atoms with Crippen LogP contribution in [0, 0.1) is 24.0 Å². The van der Waals surface area contributed by atoms with Crippen molar-refractivity contribution >= 4 is 11.7 Å². The SMILES string of the molecule is Cc1cnc(CC(N)C(=O)O)c(C)c1[N+](=O)[O-]. The van der Waals surface area contributed by atoms with Crippen LogP contribution in [0.15, 0.2) is 6.20 Å². The molecule has 0 saturated carbocycles. The Morgan fingerprint density at radius 1 is 1.65 bits per heavy atom. The number of carboxylic acids is 1. The van der Waals surface area contributed by atoms with Gasteiger partial charge in [0.1, 0.15) is 6.04 Å². The van der Waals surface area contributed by atoms with Gasteiger partial charge in [-0.3, -0.25) is 19.9 Å². The summed E-state index contributed by atoms with van der Waals surface area (Å²) < 4.78 is 0. The van der Waals surface area contributed by atoms with Gasteiger partial charge in [0.2, 0.25) is 0 Å². The number of pyridine rings is 1. The summed E-state index contributed by atoms with van der Waals surface area (Å²) in [5.41, 5.74) is 6.49. The number of aryl methyl sites for hydroxylation is 1. The third kappa shape index (κ3) is 2.76. The molecule has 7 nitrogen and oxygen atoms in total. The lowest BCUT2D eigenvalue weighted by atomic mass is 10.0. The van der Waals surface area contributed by atoms with Crippen molar-refractivity contribution in [1.29, 1.82) is 0 Å². The van der Waals surface area contributed by atoms with Crippen LogP contribution >= 0.6 is 0 Å². The second-order valence-electron chi connectivity index (χ2n) is 3.77. The highest BCUT2D eigenvalue weighted by atomic mass is 16.6. The highest BCUT2D eigenvalue weighted by Crippen LogP contribution is 2.24. The zero-order valence-electron chi connectivity index (χ0n) is 9.51. The predicted octanol–water partition coefficient (Wildman–Crippen LogP) is 0.561. The van der Waals surface area contributed by atoms with E-state index in [1.807, 2.05) is 0 Å². The van der Waals surface area contributed by atoms with E-state index in [1.165, 1.54) is 6.20 Å². The molecule has 0 spiro atoms. The highest BCUT2D eigenvalue weighted by molar-refractivity contribution is 5.73. The van der Waals surface area contributed by atoms with Gasteiger partial charge >= 0.3 is 5.97 Å². The molecule has 1 rings (SSSR count). The van der Waals surface area contributed by atoms with Crippen LogP contribution < -0.4 is 5.73 Å². The quantitative estimate of drug-likeness (QED) is 0.585. The second-order valence-corrected chi connectivity index (χ2v) is 3.77. The molecule has 1 heterocycles. The first-order valence-corrected chi connectivity index (χ1v) is 4.92. The number of aliphatic carboxylic acids is 1. The molecule has 0 amide bonds. The molecule has 1 aromatic heterocycles. The third-order valence-corrected chi connectivity index (χ3v) is 2.49. The van der Waals surface area contributed by atoms with E-state index in [9.17, 15) is 14.9 Å². The molecule has 0 radical (unpaired) electrons. The largest absolute Gasteiger partial charge is 0.480 e. The van der Waals surface area contributed by atoms with Crippen LogP contribution in [0.5, 0.6) is 0 Å². The monoisotopic (exact) mass is 239 g/mol. The molecular formula is C10H13N3O4.